The van der Waals surface area contributed by atoms with Crippen molar-refractivity contribution in [1.29, 1.82) is 0 Å². The standard InChI is InChI=1S/C23H28FN3O/c24-20-8-5-7-19(16-20)23(28)25-12-3-4-13-26-14-15-27-21(17-26)11-10-18-6-1-2-9-22(18)27/h1-2,5-9,16,21H,3-4,10-15,17H2,(H,25,28). The smallest absolute Gasteiger partial charge is 0.251 e. The van der Waals surface area contributed by atoms with Crippen LogP contribution >= 0.6 is 0 Å². The molecular weight excluding hydrogens is 353 g/mol. The molecule has 148 valence electrons. The second-order valence-electron chi connectivity index (χ2n) is 7.79. The van der Waals surface area contributed by atoms with Gasteiger partial charge in [-0.15, -0.1) is 0 Å². The Morgan fingerprint density at radius 2 is 2.00 bits per heavy atom. The maximum atomic E-state index is 13.2. The number of carbonyl (C=O) groups excluding carboxylic acids is 1. The van der Waals surface area contributed by atoms with Gasteiger partial charge in [-0.1, -0.05) is 24.3 Å². The van der Waals surface area contributed by atoms with Gasteiger partial charge in [0.15, 0.2) is 0 Å². The zero-order chi connectivity index (χ0) is 19.3. The highest BCUT2D eigenvalue weighted by atomic mass is 19.1. The van der Waals surface area contributed by atoms with E-state index in [4.69, 9.17) is 0 Å². The van der Waals surface area contributed by atoms with Crippen LogP contribution in [0.5, 0.6) is 0 Å². The molecule has 1 amide bonds. The number of hydrogen-bond donors (Lipinski definition) is 1. The molecule has 28 heavy (non-hydrogen) atoms. The highest BCUT2D eigenvalue weighted by Crippen LogP contribution is 2.32. The Kier molecular flexibility index (Phi) is 5.91. The minimum absolute atomic E-state index is 0.200. The van der Waals surface area contributed by atoms with Crippen molar-refractivity contribution in [2.75, 3.05) is 37.6 Å². The summed E-state index contributed by atoms with van der Waals surface area (Å²) in [7, 11) is 0. The number of unbranched alkanes of at least 4 members (excludes halogenated alkanes) is 1. The summed E-state index contributed by atoms with van der Waals surface area (Å²) in [5, 5.41) is 2.89. The molecule has 0 bridgehead atoms. The van der Waals surface area contributed by atoms with Crippen LogP contribution in [0.3, 0.4) is 0 Å². The van der Waals surface area contributed by atoms with Crippen molar-refractivity contribution in [2.24, 2.45) is 0 Å². The molecule has 5 heteroatoms. The molecule has 0 radical (unpaired) electrons. The van der Waals surface area contributed by atoms with E-state index < -0.39 is 0 Å². The van der Waals surface area contributed by atoms with E-state index in [1.165, 1.54) is 36.2 Å². The number of benzene rings is 2. The highest BCUT2D eigenvalue weighted by Gasteiger charge is 2.30. The Labute approximate surface area is 166 Å². The van der Waals surface area contributed by atoms with Gasteiger partial charge < -0.3 is 10.2 Å². The van der Waals surface area contributed by atoms with Crippen molar-refractivity contribution in [3.8, 4) is 0 Å². The minimum atomic E-state index is -0.378. The number of para-hydroxylation sites is 1. The molecule has 0 aliphatic carbocycles. The molecule has 1 fully saturated rings. The molecule has 2 aliphatic heterocycles. The normalized spacial score (nSPS) is 19.0. The zero-order valence-electron chi connectivity index (χ0n) is 16.2. The van der Waals surface area contributed by atoms with E-state index in [2.05, 4.69) is 39.4 Å². The quantitative estimate of drug-likeness (QED) is 0.779. The zero-order valence-corrected chi connectivity index (χ0v) is 16.2. The highest BCUT2D eigenvalue weighted by molar-refractivity contribution is 5.94. The molecule has 1 saturated heterocycles. The largest absolute Gasteiger partial charge is 0.366 e. The van der Waals surface area contributed by atoms with Crippen LogP contribution in [-0.4, -0.2) is 49.6 Å². The van der Waals surface area contributed by atoms with Gasteiger partial charge in [-0.05, 0) is 62.1 Å². The predicted octanol–water partition coefficient (Wildman–Crippen LogP) is 3.47. The summed E-state index contributed by atoms with van der Waals surface area (Å²) in [6, 6.07) is 15.3. The molecule has 2 aliphatic rings. The van der Waals surface area contributed by atoms with E-state index in [9.17, 15) is 9.18 Å². The molecule has 2 aromatic rings. The first-order valence-corrected chi connectivity index (χ1v) is 10.3. The molecule has 0 saturated carbocycles. The molecule has 1 unspecified atom stereocenters. The van der Waals surface area contributed by atoms with Crippen molar-refractivity contribution < 1.29 is 9.18 Å². The molecule has 1 atom stereocenters. The second-order valence-corrected chi connectivity index (χ2v) is 7.79. The van der Waals surface area contributed by atoms with E-state index in [-0.39, 0.29) is 11.7 Å². The van der Waals surface area contributed by atoms with Gasteiger partial charge >= 0.3 is 0 Å². The first-order valence-electron chi connectivity index (χ1n) is 10.3. The van der Waals surface area contributed by atoms with E-state index >= 15 is 0 Å². The summed E-state index contributed by atoms with van der Waals surface area (Å²) in [5.41, 5.74) is 3.30. The first kappa shape index (κ1) is 18.9. The Balaban J connectivity index is 1.18. The van der Waals surface area contributed by atoms with Gasteiger partial charge in [0.2, 0.25) is 0 Å². The van der Waals surface area contributed by atoms with Crippen molar-refractivity contribution in [2.45, 2.75) is 31.7 Å². The number of piperazine rings is 1. The number of nitrogens with one attached hydrogen (secondary N) is 1. The topological polar surface area (TPSA) is 35.6 Å². The van der Waals surface area contributed by atoms with Gasteiger partial charge in [-0.25, -0.2) is 4.39 Å². The van der Waals surface area contributed by atoms with Gasteiger partial charge in [-0.2, -0.15) is 0 Å². The average molecular weight is 381 g/mol. The Morgan fingerprint density at radius 3 is 2.89 bits per heavy atom. The fraction of sp³-hybridized carbons (Fsp3) is 0.435. The van der Waals surface area contributed by atoms with Gasteiger partial charge in [0, 0.05) is 43.5 Å². The maximum absolute atomic E-state index is 13.2. The lowest BCUT2D eigenvalue weighted by Gasteiger charge is -2.46. The summed E-state index contributed by atoms with van der Waals surface area (Å²) in [5.74, 6) is -0.578. The Hall–Kier alpha value is -2.40. The van der Waals surface area contributed by atoms with Crippen LogP contribution in [0.25, 0.3) is 0 Å². The van der Waals surface area contributed by atoms with Gasteiger partial charge in [0.1, 0.15) is 5.82 Å². The Morgan fingerprint density at radius 1 is 1.11 bits per heavy atom. The number of hydrogen-bond acceptors (Lipinski definition) is 3. The molecule has 2 aromatic carbocycles. The first-order chi connectivity index (χ1) is 13.7. The van der Waals surface area contributed by atoms with Crippen molar-refractivity contribution in [3.05, 3.63) is 65.5 Å². The fourth-order valence-electron chi connectivity index (χ4n) is 4.41. The molecule has 1 N–H and O–H groups in total. The van der Waals surface area contributed by atoms with Gasteiger partial charge in [0.05, 0.1) is 0 Å². The molecule has 0 aromatic heterocycles. The summed E-state index contributed by atoms with van der Waals surface area (Å²) < 4.78 is 13.2. The van der Waals surface area contributed by atoms with Crippen molar-refractivity contribution in [1.82, 2.24) is 10.2 Å². The predicted molar refractivity (Wildman–Crippen MR) is 110 cm³/mol. The van der Waals surface area contributed by atoms with Crippen LogP contribution in [0.2, 0.25) is 0 Å². The summed E-state index contributed by atoms with van der Waals surface area (Å²) in [4.78, 5) is 17.2. The van der Waals surface area contributed by atoms with E-state index in [1.54, 1.807) is 12.1 Å². The molecule has 4 rings (SSSR count). The van der Waals surface area contributed by atoms with E-state index in [0.717, 1.165) is 39.0 Å². The lowest BCUT2D eigenvalue weighted by atomic mass is 9.94. The maximum Gasteiger partial charge on any atom is 0.251 e. The van der Waals surface area contributed by atoms with Crippen LogP contribution in [-0.2, 0) is 6.42 Å². The summed E-state index contributed by atoms with van der Waals surface area (Å²) in [6.07, 6.45) is 4.41. The number of nitrogens with zero attached hydrogens (tertiary/aromatic N) is 2. The van der Waals surface area contributed by atoms with Gasteiger partial charge in [-0.3, -0.25) is 9.69 Å². The summed E-state index contributed by atoms with van der Waals surface area (Å²) >= 11 is 0. The number of carbonyl (C=O) groups is 1. The lowest BCUT2D eigenvalue weighted by Crippen LogP contribution is -2.55. The monoisotopic (exact) mass is 381 g/mol. The lowest BCUT2D eigenvalue weighted by molar-refractivity contribution is 0.0952. The molecular formula is C23H28FN3O. The van der Waals surface area contributed by atoms with Crippen LogP contribution in [0.1, 0.15) is 35.2 Å². The third-order valence-electron chi connectivity index (χ3n) is 5.89. The van der Waals surface area contributed by atoms with Crippen LogP contribution < -0.4 is 10.2 Å². The summed E-state index contributed by atoms with van der Waals surface area (Å²) in [6.45, 7) is 5.02. The molecule has 2 heterocycles. The minimum Gasteiger partial charge on any atom is -0.366 e. The third-order valence-corrected chi connectivity index (χ3v) is 5.89. The second kappa shape index (κ2) is 8.74. The molecule has 4 nitrogen and oxygen atoms in total. The van der Waals surface area contributed by atoms with Crippen molar-refractivity contribution >= 4 is 11.6 Å². The number of amides is 1. The molecule has 0 spiro atoms. The van der Waals surface area contributed by atoms with Gasteiger partial charge in [0.25, 0.3) is 5.91 Å². The van der Waals surface area contributed by atoms with E-state index in [0.29, 0.717) is 18.2 Å². The van der Waals surface area contributed by atoms with Crippen LogP contribution in [0.4, 0.5) is 10.1 Å². The number of aryl methyl sites for hydroxylation is 1. The fourth-order valence-corrected chi connectivity index (χ4v) is 4.41. The number of fused-ring (bicyclic) bond motifs is 3. The third kappa shape index (κ3) is 4.36. The van der Waals surface area contributed by atoms with Crippen molar-refractivity contribution in [3.63, 3.8) is 0 Å². The van der Waals surface area contributed by atoms with E-state index in [1.807, 2.05) is 0 Å². The average Bonchev–Trinajstić information content (AvgIpc) is 2.73. The van der Waals surface area contributed by atoms with Crippen LogP contribution in [0, 0.1) is 5.82 Å². The SMILES string of the molecule is O=C(NCCCCN1CCN2c3ccccc3CCC2C1)c1cccc(F)c1. The number of anilines is 1. The van der Waals surface area contributed by atoms with Crippen LogP contribution in [0.15, 0.2) is 48.5 Å². The number of halogens is 1. The number of rotatable bonds is 6. The Bertz CT molecular complexity index is 825.